The van der Waals surface area contributed by atoms with Gasteiger partial charge in [-0.05, 0) is 25.8 Å². The van der Waals surface area contributed by atoms with Crippen molar-refractivity contribution in [3.8, 4) is 0 Å². The summed E-state index contributed by atoms with van der Waals surface area (Å²) >= 11 is 0. The minimum absolute atomic E-state index is 0.290. The number of hydrogen-bond acceptors (Lipinski definition) is 4. The summed E-state index contributed by atoms with van der Waals surface area (Å²) in [6.07, 6.45) is 3.82. The summed E-state index contributed by atoms with van der Waals surface area (Å²) < 4.78 is 25.2. The van der Waals surface area contributed by atoms with Crippen LogP contribution in [0.4, 0.5) is 0 Å². The van der Waals surface area contributed by atoms with Gasteiger partial charge in [-0.2, -0.15) is 0 Å². The zero-order chi connectivity index (χ0) is 14.8. The first-order valence-electron chi connectivity index (χ1n) is 7.34. The lowest BCUT2D eigenvalue weighted by atomic mass is 9.91. The van der Waals surface area contributed by atoms with Crippen molar-refractivity contribution >= 4 is 15.9 Å². The van der Waals surface area contributed by atoms with Crippen LogP contribution in [-0.4, -0.2) is 69.1 Å². The molecule has 2 fully saturated rings. The molecule has 1 saturated heterocycles. The summed E-state index contributed by atoms with van der Waals surface area (Å²) in [4.78, 5) is 16.3. The van der Waals surface area contributed by atoms with Crippen molar-refractivity contribution in [3.63, 3.8) is 0 Å². The van der Waals surface area contributed by atoms with Gasteiger partial charge in [0.05, 0.1) is 0 Å². The molecule has 1 aliphatic carbocycles. The number of nitrogens with one attached hydrogen (secondary N) is 1. The molecular weight excluding hydrogens is 278 g/mol. The summed E-state index contributed by atoms with van der Waals surface area (Å²) in [7, 11) is -2.14. The highest BCUT2D eigenvalue weighted by Crippen LogP contribution is 2.26. The van der Waals surface area contributed by atoms with Gasteiger partial charge in [0.25, 0.3) is 0 Å². The van der Waals surface area contributed by atoms with E-state index < -0.39 is 15.8 Å². The van der Waals surface area contributed by atoms with Gasteiger partial charge in [-0.15, -0.1) is 0 Å². The Morgan fingerprint density at radius 1 is 1.25 bits per heavy atom. The maximum atomic E-state index is 12.1. The lowest BCUT2D eigenvalue weighted by Gasteiger charge is -2.37. The molecular formula is C13H25N3O3S. The molecule has 1 saturated carbocycles. The van der Waals surface area contributed by atoms with Crippen molar-refractivity contribution < 1.29 is 13.2 Å². The summed E-state index contributed by atoms with van der Waals surface area (Å²) in [6.45, 7) is 5.29. The van der Waals surface area contributed by atoms with Gasteiger partial charge in [0, 0.05) is 32.2 Å². The van der Waals surface area contributed by atoms with E-state index in [4.69, 9.17) is 0 Å². The fourth-order valence-electron chi connectivity index (χ4n) is 2.90. The molecule has 1 atom stereocenters. The van der Waals surface area contributed by atoms with Crippen molar-refractivity contribution in [1.29, 1.82) is 0 Å². The largest absolute Gasteiger partial charge is 0.340 e. The molecule has 2 rings (SSSR count). The molecule has 1 unspecified atom stereocenters. The quantitative estimate of drug-likeness (QED) is 0.785. The Morgan fingerprint density at radius 2 is 1.95 bits per heavy atom. The predicted molar refractivity (Wildman–Crippen MR) is 77.8 cm³/mol. The van der Waals surface area contributed by atoms with E-state index in [1.807, 2.05) is 0 Å². The number of carbonyl (C=O) groups is 1. The van der Waals surface area contributed by atoms with E-state index in [2.05, 4.69) is 16.5 Å². The molecule has 0 bridgehead atoms. The third-order valence-corrected chi connectivity index (χ3v) is 5.55. The first kappa shape index (κ1) is 15.7. The second kappa shape index (κ2) is 6.41. The summed E-state index contributed by atoms with van der Waals surface area (Å²) in [5.74, 6) is -0.347. The second-order valence-electron chi connectivity index (χ2n) is 5.99. The summed E-state index contributed by atoms with van der Waals surface area (Å²) in [5, 5.41) is 0. The molecule has 7 heteroatoms. The van der Waals surface area contributed by atoms with Crippen LogP contribution < -0.4 is 4.72 Å². The first-order chi connectivity index (χ1) is 9.41. The van der Waals surface area contributed by atoms with Crippen LogP contribution in [0.1, 0.15) is 26.2 Å². The van der Waals surface area contributed by atoms with Crippen LogP contribution in [0, 0.1) is 5.92 Å². The second-order valence-corrected chi connectivity index (χ2v) is 7.91. The maximum Gasteiger partial charge on any atom is 0.239 e. The SMILES string of the molecule is CNS(=O)(=O)CC(=O)N1CCN(C2CCC2)CC(C)C1. The van der Waals surface area contributed by atoms with Crippen LogP contribution in [0.15, 0.2) is 0 Å². The number of nitrogens with zero attached hydrogens (tertiary/aromatic N) is 2. The van der Waals surface area contributed by atoms with Crippen molar-refractivity contribution in [1.82, 2.24) is 14.5 Å². The Kier molecular flexibility index (Phi) is 5.04. The molecule has 0 aromatic rings. The normalized spacial score (nSPS) is 26.1. The van der Waals surface area contributed by atoms with Gasteiger partial charge in [-0.25, -0.2) is 13.1 Å². The van der Waals surface area contributed by atoms with E-state index in [-0.39, 0.29) is 5.91 Å². The molecule has 1 N–H and O–H groups in total. The zero-order valence-electron chi connectivity index (χ0n) is 12.3. The molecule has 0 spiro atoms. The highest BCUT2D eigenvalue weighted by molar-refractivity contribution is 7.90. The summed E-state index contributed by atoms with van der Waals surface area (Å²) in [6, 6.07) is 0.675. The third-order valence-electron chi connectivity index (χ3n) is 4.30. The third kappa shape index (κ3) is 3.93. The van der Waals surface area contributed by atoms with E-state index in [1.165, 1.54) is 26.3 Å². The minimum atomic E-state index is -3.48. The van der Waals surface area contributed by atoms with Crippen molar-refractivity contribution in [2.45, 2.75) is 32.2 Å². The van der Waals surface area contributed by atoms with Crippen molar-refractivity contribution in [2.75, 3.05) is 39.0 Å². The van der Waals surface area contributed by atoms with Gasteiger partial charge in [0.2, 0.25) is 15.9 Å². The van der Waals surface area contributed by atoms with Crippen LogP contribution in [0.3, 0.4) is 0 Å². The fourth-order valence-corrected chi connectivity index (χ4v) is 3.55. The van der Waals surface area contributed by atoms with E-state index in [9.17, 15) is 13.2 Å². The zero-order valence-corrected chi connectivity index (χ0v) is 13.2. The smallest absolute Gasteiger partial charge is 0.239 e. The molecule has 1 heterocycles. The summed E-state index contributed by atoms with van der Waals surface area (Å²) in [5.41, 5.74) is 0. The maximum absolute atomic E-state index is 12.1. The van der Waals surface area contributed by atoms with Gasteiger partial charge < -0.3 is 4.90 Å². The Bertz CT molecular complexity index is 448. The van der Waals surface area contributed by atoms with Crippen LogP contribution in [0.25, 0.3) is 0 Å². The van der Waals surface area contributed by atoms with E-state index in [1.54, 1.807) is 4.90 Å². The minimum Gasteiger partial charge on any atom is -0.340 e. The fraction of sp³-hybridized carbons (Fsp3) is 0.923. The molecule has 1 aliphatic heterocycles. The van der Waals surface area contributed by atoms with Crippen LogP contribution in [-0.2, 0) is 14.8 Å². The van der Waals surface area contributed by atoms with Gasteiger partial charge in [-0.1, -0.05) is 13.3 Å². The number of amides is 1. The lowest BCUT2D eigenvalue weighted by Crippen LogP contribution is -2.44. The molecule has 20 heavy (non-hydrogen) atoms. The van der Waals surface area contributed by atoms with E-state index in [0.717, 1.165) is 13.1 Å². The first-order valence-corrected chi connectivity index (χ1v) is 8.99. The topological polar surface area (TPSA) is 69.7 Å². The van der Waals surface area contributed by atoms with Crippen molar-refractivity contribution in [2.24, 2.45) is 5.92 Å². The molecule has 0 aromatic heterocycles. The highest BCUT2D eigenvalue weighted by Gasteiger charge is 2.31. The molecule has 6 nitrogen and oxygen atoms in total. The van der Waals surface area contributed by atoms with Gasteiger partial charge >= 0.3 is 0 Å². The number of rotatable bonds is 4. The molecule has 116 valence electrons. The van der Waals surface area contributed by atoms with Gasteiger partial charge in [-0.3, -0.25) is 9.69 Å². The van der Waals surface area contributed by atoms with E-state index >= 15 is 0 Å². The standard InChI is InChI=1S/C13H25N3O3S/c1-11-8-15(12-4-3-5-12)6-7-16(9-11)13(17)10-20(18,19)14-2/h11-12,14H,3-10H2,1-2H3. The molecule has 0 aromatic carbocycles. The van der Waals surface area contributed by atoms with Gasteiger partial charge in [0.15, 0.2) is 0 Å². The highest BCUT2D eigenvalue weighted by atomic mass is 32.2. The molecule has 2 aliphatic rings. The number of sulfonamides is 1. The number of carbonyl (C=O) groups excluding carboxylic acids is 1. The Morgan fingerprint density at radius 3 is 2.50 bits per heavy atom. The lowest BCUT2D eigenvalue weighted by molar-refractivity contribution is -0.128. The van der Waals surface area contributed by atoms with Crippen LogP contribution in [0.2, 0.25) is 0 Å². The predicted octanol–water partition coefficient (Wildman–Crippen LogP) is -0.132. The monoisotopic (exact) mass is 303 g/mol. The average Bonchev–Trinajstić information content (AvgIpc) is 2.48. The van der Waals surface area contributed by atoms with Crippen molar-refractivity contribution in [3.05, 3.63) is 0 Å². The van der Waals surface area contributed by atoms with E-state index in [0.29, 0.717) is 25.0 Å². The number of hydrogen-bond donors (Lipinski definition) is 1. The average molecular weight is 303 g/mol. The Labute approximate surface area is 121 Å². The van der Waals surface area contributed by atoms with Crippen LogP contribution >= 0.6 is 0 Å². The Balaban J connectivity index is 1.94. The van der Waals surface area contributed by atoms with Gasteiger partial charge in [0.1, 0.15) is 5.75 Å². The Hall–Kier alpha value is -0.660. The molecule has 1 amide bonds. The van der Waals surface area contributed by atoms with Crippen LogP contribution in [0.5, 0.6) is 0 Å². The molecule has 0 radical (unpaired) electrons.